The first-order chi connectivity index (χ1) is 21.2. The molecule has 8 aromatic rings. The van der Waals surface area contributed by atoms with Crippen LogP contribution in [0.5, 0.6) is 0 Å². The van der Waals surface area contributed by atoms with Gasteiger partial charge in [0.15, 0.2) is 0 Å². The summed E-state index contributed by atoms with van der Waals surface area (Å²) in [4.78, 5) is 17.3. The molecular formula is C39H28NO2P. The van der Waals surface area contributed by atoms with E-state index >= 15 is 0 Å². The standard InChI is InChI=1S/C39H28NO2P/c41-43(30-11-3-1-4-12-30,31-13-5-2-6-14-31)32-25-23-28(24-26-32)27-19-21-29(22-20-27)38-39-37(33-15-7-9-17-35(33)40-38)34-16-8-10-18-36(34)42-39/h1-26,41,43H. The number of hydrogen-bond donors (Lipinski definition) is 1. The Kier molecular flexibility index (Phi) is 6.15. The minimum atomic E-state index is -3.14. The van der Waals surface area contributed by atoms with Crippen molar-refractivity contribution in [3.8, 4) is 22.4 Å². The first-order valence-electron chi connectivity index (χ1n) is 14.4. The van der Waals surface area contributed by atoms with Crippen LogP contribution in [0.25, 0.3) is 55.2 Å². The summed E-state index contributed by atoms with van der Waals surface area (Å²) < 4.78 is 6.40. The SMILES string of the molecule is O[PH](c1ccccc1)(c1ccccc1)c1ccc(-c2ccc(-c3nc4ccccc4c4c3oc3ccccc34)cc2)cc1. The zero-order chi connectivity index (χ0) is 28.8. The average Bonchev–Trinajstić information content (AvgIpc) is 3.49. The fraction of sp³-hybridized carbons (Fsp3) is 0. The van der Waals surface area contributed by atoms with E-state index in [1.807, 2.05) is 84.9 Å². The molecule has 0 aliphatic heterocycles. The molecule has 6 aromatic carbocycles. The summed E-state index contributed by atoms with van der Waals surface area (Å²) >= 11 is 0. The maximum atomic E-state index is 12.3. The molecule has 43 heavy (non-hydrogen) atoms. The molecule has 8 rings (SSSR count). The van der Waals surface area contributed by atoms with Crippen molar-refractivity contribution in [3.63, 3.8) is 0 Å². The summed E-state index contributed by atoms with van der Waals surface area (Å²) in [6.45, 7) is 0. The Morgan fingerprint density at radius 2 is 0.953 bits per heavy atom. The summed E-state index contributed by atoms with van der Waals surface area (Å²) in [6, 6.07) is 53.4. The van der Waals surface area contributed by atoms with Gasteiger partial charge in [-0.25, -0.2) is 0 Å². The van der Waals surface area contributed by atoms with Crippen LogP contribution in [-0.4, -0.2) is 9.88 Å². The third kappa shape index (κ3) is 4.25. The van der Waals surface area contributed by atoms with E-state index in [1.54, 1.807) is 0 Å². The molecule has 0 unspecified atom stereocenters. The molecule has 206 valence electrons. The number of aromatic nitrogens is 1. The van der Waals surface area contributed by atoms with E-state index in [9.17, 15) is 4.89 Å². The van der Waals surface area contributed by atoms with Gasteiger partial charge >= 0.3 is 208 Å². The predicted molar refractivity (Wildman–Crippen MR) is 182 cm³/mol. The molecule has 0 saturated carbocycles. The van der Waals surface area contributed by atoms with Gasteiger partial charge in [-0.2, -0.15) is 0 Å². The third-order valence-corrected chi connectivity index (χ3v) is 11.9. The molecule has 1 N–H and O–H groups in total. The van der Waals surface area contributed by atoms with Gasteiger partial charge in [-0.3, -0.25) is 0 Å². The predicted octanol–water partition coefficient (Wildman–Crippen LogP) is 8.40. The molecule has 0 aliphatic carbocycles. The van der Waals surface area contributed by atoms with Crippen molar-refractivity contribution in [2.45, 2.75) is 0 Å². The van der Waals surface area contributed by atoms with Crippen LogP contribution in [0.2, 0.25) is 0 Å². The molecular weight excluding hydrogens is 545 g/mol. The summed E-state index contributed by atoms with van der Waals surface area (Å²) in [5.74, 6) is 0. The first-order valence-corrected chi connectivity index (χ1v) is 16.4. The van der Waals surface area contributed by atoms with Crippen LogP contribution in [0, 0.1) is 0 Å². The Morgan fingerprint density at radius 3 is 1.60 bits per heavy atom. The van der Waals surface area contributed by atoms with E-state index in [0.29, 0.717) is 0 Å². The Morgan fingerprint density at radius 1 is 0.465 bits per heavy atom. The molecule has 0 bridgehead atoms. The normalized spacial score (nSPS) is 12.2. The van der Waals surface area contributed by atoms with Gasteiger partial charge in [0.1, 0.15) is 0 Å². The maximum absolute atomic E-state index is 12.3. The van der Waals surface area contributed by atoms with Crippen LogP contribution in [0.15, 0.2) is 162 Å². The van der Waals surface area contributed by atoms with Crippen LogP contribution in [-0.2, 0) is 0 Å². The number of benzene rings is 6. The zero-order valence-corrected chi connectivity index (χ0v) is 24.3. The van der Waals surface area contributed by atoms with Crippen molar-refractivity contribution < 1.29 is 9.31 Å². The van der Waals surface area contributed by atoms with Crippen LogP contribution in [0.1, 0.15) is 0 Å². The third-order valence-electron chi connectivity index (χ3n) is 8.39. The van der Waals surface area contributed by atoms with Crippen molar-refractivity contribution in [2.24, 2.45) is 0 Å². The molecule has 0 amide bonds. The van der Waals surface area contributed by atoms with Crippen molar-refractivity contribution >= 4 is 56.2 Å². The van der Waals surface area contributed by atoms with Crippen molar-refractivity contribution in [2.75, 3.05) is 0 Å². The molecule has 0 radical (unpaired) electrons. The van der Waals surface area contributed by atoms with E-state index in [-0.39, 0.29) is 0 Å². The second kappa shape index (κ2) is 10.3. The van der Waals surface area contributed by atoms with Gasteiger partial charge in [0.25, 0.3) is 0 Å². The second-order valence-corrected chi connectivity index (χ2v) is 14.0. The second-order valence-electron chi connectivity index (χ2n) is 10.9. The molecule has 0 fully saturated rings. The molecule has 0 saturated heterocycles. The summed E-state index contributed by atoms with van der Waals surface area (Å²) in [5.41, 5.74) is 6.66. The van der Waals surface area contributed by atoms with Gasteiger partial charge in [-0.15, -0.1) is 0 Å². The summed E-state index contributed by atoms with van der Waals surface area (Å²) in [6.07, 6.45) is 0. The Hall–Kier alpha value is -5.08. The number of para-hydroxylation sites is 2. The molecule has 2 heterocycles. The van der Waals surface area contributed by atoms with E-state index in [1.165, 1.54) is 0 Å². The first kappa shape index (κ1) is 25.6. The molecule has 0 spiro atoms. The van der Waals surface area contributed by atoms with Gasteiger partial charge in [0, 0.05) is 0 Å². The van der Waals surface area contributed by atoms with Gasteiger partial charge in [-0.1, -0.05) is 36.4 Å². The van der Waals surface area contributed by atoms with Gasteiger partial charge in [0.2, 0.25) is 0 Å². The monoisotopic (exact) mass is 573 g/mol. The van der Waals surface area contributed by atoms with Crippen molar-refractivity contribution in [1.82, 2.24) is 4.98 Å². The molecule has 3 nitrogen and oxygen atoms in total. The minimum absolute atomic E-state index is 0.808. The number of furan rings is 1. The Labute approximate surface area is 250 Å². The number of nitrogens with zero attached hydrogens (tertiary/aromatic N) is 1. The molecule has 4 heteroatoms. The van der Waals surface area contributed by atoms with Crippen LogP contribution < -0.4 is 15.9 Å². The number of rotatable bonds is 5. The Bertz CT molecular complexity index is 2180. The fourth-order valence-corrected chi connectivity index (χ4v) is 9.21. The van der Waals surface area contributed by atoms with Crippen molar-refractivity contribution in [3.05, 3.63) is 158 Å². The van der Waals surface area contributed by atoms with Crippen LogP contribution in [0.4, 0.5) is 0 Å². The summed E-state index contributed by atoms with van der Waals surface area (Å²) in [7, 11) is -3.14. The average molecular weight is 574 g/mol. The quantitative estimate of drug-likeness (QED) is 0.210. The van der Waals surface area contributed by atoms with Crippen LogP contribution >= 0.6 is 7.49 Å². The van der Waals surface area contributed by atoms with E-state index in [0.717, 1.165) is 71.1 Å². The van der Waals surface area contributed by atoms with E-state index in [4.69, 9.17) is 9.40 Å². The number of hydrogen-bond acceptors (Lipinski definition) is 3. The zero-order valence-electron chi connectivity index (χ0n) is 23.3. The van der Waals surface area contributed by atoms with Crippen LogP contribution in [0.3, 0.4) is 0 Å². The topological polar surface area (TPSA) is 46.3 Å². The summed E-state index contributed by atoms with van der Waals surface area (Å²) in [5, 5.41) is 6.19. The van der Waals surface area contributed by atoms with Gasteiger partial charge in [0.05, 0.1) is 0 Å². The van der Waals surface area contributed by atoms with E-state index < -0.39 is 7.49 Å². The Balaban J connectivity index is 1.19. The number of pyridine rings is 1. The van der Waals surface area contributed by atoms with Crippen molar-refractivity contribution in [1.29, 1.82) is 0 Å². The molecule has 2 aromatic heterocycles. The molecule has 0 aliphatic rings. The molecule has 0 atom stereocenters. The fourth-order valence-electron chi connectivity index (χ4n) is 6.21. The van der Waals surface area contributed by atoms with E-state index in [2.05, 4.69) is 72.8 Å². The van der Waals surface area contributed by atoms with Gasteiger partial charge < -0.3 is 0 Å². The van der Waals surface area contributed by atoms with Gasteiger partial charge in [-0.05, 0) is 6.07 Å². The number of fused-ring (bicyclic) bond motifs is 5.